The first kappa shape index (κ1) is 20.7. The molecule has 8 nitrogen and oxygen atoms in total. The summed E-state index contributed by atoms with van der Waals surface area (Å²) in [5.41, 5.74) is 1.95. The highest BCUT2D eigenvalue weighted by molar-refractivity contribution is 7.98. The highest BCUT2D eigenvalue weighted by Crippen LogP contribution is 2.36. The quantitative estimate of drug-likeness (QED) is 0.276. The molecule has 1 aliphatic carbocycles. The van der Waals surface area contributed by atoms with Gasteiger partial charge in [-0.25, -0.2) is 14.5 Å². The summed E-state index contributed by atoms with van der Waals surface area (Å²) in [5.74, 6) is 0.964. The van der Waals surface area contributed by atoms with Crippen molar-refractivity contribution in [2.75, 3.05) is 0 Å². The van der Waals surface area contributed by atoms with E-state index in [2.05, 4.69) is 23.6 Å². The van der Waals surface area contributed by atoms with Crippen LogP contribution in [-0.4, -0.2) is 24.1 Å². The van der Waals surface area contributed by atoms with E-state index in [9.17, 15) is 14.9 Å². The predicted octanol–water partition coefficient (Wildman–Crippen LogP) is 3.27. The van der Waals surface area contributed by atoms with Crippen LogP contribution in [0.3, 0.4) is 0 Å². The van der Waals surface area contributed by atoms with Crippen LogP contribution in [0.4, 0.5) is 0 Å². The summed E-state index contributed by atoms with van der Waals surface area (Å²) in [6.07, 6.45) is 6.14. The van der Waals surface area contributed by atoms with Gasteiger partial charge in [0.25, 0.3) is 11.1 Å². The summed E-state index contributed by atoms with van der Waals surface area (Å²) in [4.78, 5) is 37.1. The van der Waals surface area contributed by atoms with Gasteiger partial charge in [-0.3, -0.25) is 19.3 Å². The van der Waals surface area contributed by atoms with E-state index in [-0.39, 0.29) is 11.1 Å². The number of aryl methyl sites for hydroxylation is 1. The summed E-state index contributed by atoms with van der Waals surface area (Å²) in [7, 11) is 0. The maximum absolute atomic E-state index is 13.4. The number of thiophene rings is 1. The molecule has 1 atom stereocenters. The minimum Gasteiger partial charge on any atom is -0.295 e. The van der Waals surface area contributed by atoms with Gasteiger partial charge in [0.1, 0.15) is 16.5 Å². The molecule has 0 bridgehead atoms. The SMILES string of the molecule is C=CCn1c(SCc2cc(=O)n3[nH]cc(C#N)c3n2)nc2sc3c(c2c1=O)CCC(C)C3. The van der Waals surface area contributed by atoms with E-state index in [4.69, 9.17) is 4.98 Å². The molecule has 4 heterocycles. The average Bonchev–Trinajstić information content (AvgIpc) is 3.35. The molecule has 10 heteroatoms. The Morgan fingerprint density at radius 3 is 3.06 bits per heavy atom. The van der Waals surface area contributed by atoms with E-state index in [0.717, 1.165) is 35.0 Å². The number of H-pyrrole nitrogens is 1. The van der Waals surface area contributed by atoms with Crippen molar-refractivity contribution in [3.63, 3.8) is 0 Å². The van der Waals surface area contributed by atoms with E-state index < -0.39 is 0 Å². The lowest BCUT2D eigenvalue weighted by molar-refractivity contribution is 0.509. The Balaban J connectivity index is 1.55. The summed E-state index contributed by atoms with van der Waals surface area (Å²) in [5, 5.41) is 13.3. The first-order chi connectivity index (χ1) is 15.5. The van der Waals surface area contributed by atoms with Crippen LogP contribution in [0.2, 0.25) is 0 Å². The number of nitriles is 1. The monoisotopic (exact) mass is 464 g/mol. The molecule has 162 valence electrons. The number of thioether (sulfide) groups is 1. The van der Waals surface area contributed by atoms with Gasteiger partial charge < -0.3 is 0 Å². The molecule has 32 heavy (non-hydrogen) atoms. The lowest BCUT2D eigenvalue weighted by Gasteiger charge is -2.17. The van der Waals surface area contributed by atoms with E-state index in [1.165, 1.54) is 33.4 Å². The molecule has 1 N–H and O–H groups in total. The van der Waals surface area contributed by atoms with E-state index >= 15 is 0 Å². The van der Waals surface area contributed by atoms with E-state index in [1.54, 1.807) is 22.0 Å². The lowest BCUT2D eigenvalue weighted by atomic mass is 9.89. The van der Waals surface area contributed by atoms with Gasteiger partial charge in [-0.1, -0.05) is 24.8 Å². The highest BCUT2D eigenvalue weighted by atomic mass is 32.2. The van der Waals surface area contributed by atoms with Crippen LogP contribution >= 0.6 is 23.1 Å². The molecule has 4 aromatic heterocycles. The van der Waals surface area contributed by atoms with Crippen LogP contribution in [0.5, 0.6) is 0 Å². The summed E-state index contributed by atoms with van der Waals surface area (Å²) in [6, 6.07) is 3.46. The second-order valence-electron chi connectivity index (χ2n) is 7.96. The van der Waals surface area contributed by atoms with Gasteiger partial charge in [-0.05, 0) is 30.7 Å². The molecule has 0 saturated carbocycles. The number of nitrogens with one attached hydrogen (secondary N) is 1. The smallest absolute Gasteiger partial charge is 0.272 e. The fraction of sp³-hybridized carbons (Fsp3) is 0.318. The molecule has 5 rings (SSSR count). The first-order valence-electron chi connectivity index (χ1n) is 10.3. The Labute approximate surface area is 191 Å². The molecule has 0 saturated heterocycles. The number of hydrogen-bond acceptors (Lipinski definition) is 7. The van der Waals surface area contributed by atoms with Gasteiger partial charge in [-0.15, -0.1) is 17.9 Å². The molecular formula is C22H20N6O2S2. The van der Waals surface area contributed by atoms with Crippen LogP contribution < -0.4 is 11.1 Å². The van der Waals surface area contributed by atoms with Crippen LogP contribution in [0.25, 0.3) is 15.9 Å². The van der Waals surface area contributed by atoms with Crippen LogP contribution in [0.15, 0.2) is 39.7 Å². The second kappa shape index (κ2) is 8.07. The third-order valence-corrected chi connectivity index (χ3v) is 7.87. The van der Waals surface area contributed by atoms with Gasteiger partial charge in [0, 0.05) is 29.4 Å². The molecule has 0 aliphatic heterocycles. The fourth-order valence-corrected chi connectivity index (χ4v) is 6.45. The minimum atomic E-state index is -0.293. The van der Waals surface area contributed by atoms with Crippen LogP contribution in [0, 0.1) is 17.2 Å². The van der Waals surface area contributed by atoms with Crippen molar-refractivity contribution in [1.29, 1.82) is 5.26 Å². The first-order valence-corrected chi connectivity index (χ1v) is 12.1. The standard InChI is InChI=1S/C22H20N6O2S2/c1-3-6-27-21(30)18-15-5-4-12(2)7-16(15)32-20(18)26-22(27)31-11-14-8-17(29)28-19(25-14)13(9-23)10-24-28/h3,8,10,12,24H,1,4-7,11H2,2H3. The van der Waals surface area contributed by atoms with Crippen molar-refractivity contribution in [2.45, 2.75) is 43.6 Å². The third kappa shape index (κ3) is 3.38. The molecule has 0 amide bonds. The topological polar surface area (TPSA) is 109 Å². The Hall–Kier alpha value is -3.16. The van der Waals surface area contributed by atoms with Gasteiger partial charge >= 0.3 is 0 Å². The van der Waals surface area contributed by atoms with Crippen molar-refractivity contribution in [3.05, 3.63) is 67.3 Å². The minimum absolute atomic E-state index is 0.0367. The summed E-state index contributed by atoms with van der Waals surface area (Å²) < 4.78 is 2.88. The molecule has 0 radical (unpaired) electrons. The van der Waals surface area contributed by atoms with Crippen molar-refractivity contribution >= 4 is 39.0 Å². The highest BCUT2D eigenvalue weighted by Gasteiger charge is 2.24. The van der Waals surface area contributed by atoms with Crippen molar-refractivity contribution in [1.82, 2.24) is 24.1 Å². The molecule has 0 fully saturated rings. The maximum atomic E-state index is 13.4. The number of allylic oxidation sites excluding steroid dienone is 1. The normalized spacial score (nSPS) is 15.7. The maximum Gasteiger partial charge on any atom is 0.272 e. The zero-order valence-corrected chi connectivity index (χ0v) is 19.1. The molecule has 4 aromatic rings. The van der Waals surface area contributed by atoms with Gasteiger partial charge in [0.15, 0.2) is 10.8 Å². The third-order valence-electron chi connectivity index (χ3n) is 5.71. The Morgan fingerprint density at radius 1 is 1.44 bits per heavy atom. The predicted molar refractivity (Wildman–Crippen MR) is 125 cm³/mol. The van der Waals surface area contributed by atoms with Crippen molar-refractivity contribution < 1.29 is 0 Å². The number of aromatic amines is 1. The van der Waals surface area contributed by atoms with Crippen LogP contribution in [-0.2, 0) is 25.1 Å². The summed E-state index contributed by atoms with van der Waals surface area (Å²) >= 11 is 2.97. The molecular weight excluding hydrogens is 444 g/mol. The zero-order chi connectivity index (χ0) is 22.4. The van der Waals surface area contributed by atoms with Gasteiger partial charge in [0.2, 0.25) is 0 Å². The second-order valence-corrected chi connectivity index (χ2v) is 9.99. The van der Waals surface area contributed by atoms with Gasteiger partial charge in [0.05, 0.1) is 11.1 Å². The molecule has 1 unspecified atom stereocenters. The number of aromatic nitrogens is 5. The molecule has 0 spiro atoms. The summed E-state index contributed by atoms with van der Waals surface area (Å²) in [6.45, 7) is 6.40. The van der Waals surface area contributed by atoms with E-state index in [0.29, 0.717) is 40.3 Å². The lowest BCUT2D eigenvalue weighted by Crippen LogP contribution is -2.23. The largest absolute Gasteiger partial charge is 0.295 e. The Kier molecular flexibility index (Phi) is 5.23. The van der Waals surface area contributed by atoms with E-state index in [1.807, 2.05) is 6.07 Å². The number of rotatable bonds is 5. The number of fused-ring (bicyclic) bond motifs is 4. The molecule has 0 aromatic carbocycles. The van der Waals surface area contributed by atoms with Gasteiger partial charge in [-0.2, -0.15) is 5.26 Å². The Bertz CT molecular complexity index is 1530. The van der Waals surface area contributed by atoms with Crippen molar-refractivity contribution in [2.24, 2.45) is 5.92 Å². The van der Waals surface area contributed by atoms with Crippen molar-refractivity contribution in [3.8, 4) is 6.07 Å². The number of nitrogens with zero attached hydrogens (tertiary/aromatic N) is 5. The Morgan fingerprint density at radius 2 is 2.28 bits per heavy atom. The van der Waals surface area contributed by atoms with Crippen LogP contribution in [0.1, 0.15) is 35.0 Å². The fourth-order valence-electron chi connectivity index (χ4n) is 4.13. The number of hydrogen-bond donors (Lipinski definition) is 1. The average molecular weight is 465 g/mol. The molecule has 1 aliphatic rings. The zero-order valence-electron chi connectivity index (χ0n) is 17.4.